The molecule has 2 saturated carbocycles. The fraction of sp³-hybridized carbons (Fsp3) is 0.500. The minimum Gasteiger partial charge on any atom is -0.444 e. The van der Waals surface area contributed by atoms with E-state index in [0.29, 0.717) is 36.3 Å². The van der Waals surface area contributed by atoms with Crippen LogP contribution in [0.5, 0.6) is 0 Å². The number of carbonyl (C=O) groups excluding carboxylic acids is 4. The molecule has 1 saturated heterocycles. The van der Waals surface area contributed by atoms with Crippen molar-refractivity contribution in [1.82, 2.24) is 25.2 Å². The summed E-state index contributed by atoms with van der Waals surface area (Å²) in [5.41, 5.74) is 2.17. The SMILES string of the molecule is Cc1ccc(-c2cccc(C)n2)c(NC(=O)O[C@@H]2C[C@H]3C(=O)N[C@]4(C(=O)NS(=O)(=O)C5CC5)C[C@H]4C=CCCCCCNC(=O)N3C2)c1. The minimum atomic E-state index is -3.85. The fourth-order valence-electron chi connectivity index (χ4n) is 6.41. The lowest BCUT2D eigenvalue weighted by atomic mass is 10.1. The van der Waals surface area contributed by atoms with Crippen molar-refractivity contribution in [2.24, 2.45) is 5.92 Å². The highest BCUT2D eigenvalue weighted by atomic mass is 32.2. The number of allylic oxidation sites excluding steroid dienone is 1. The largest absolute Gasteiger partial charge is 0.444 e. The molecule has 1 aromatic heterocycles. The first-order valence-corrected chi connectivity index (χ1v) is 18.1. The molecule has 256 valence electrons. The highest BCUT2D eigenvalue weighted by Crippen LogP contribution is 2.46. The van der Waals surface area contributed by atoms with E-state index in [4.69, 9.17) is 4.74 Å². The van der Waals surface area contributed by atoms with Gasteiger partial charge >= 0.3 is 12.1 Å². The number of urea groups is 1. The van der Waals surface area contributed by atoms with Crippen LogP contribution in [-0.4, -0.2) is 78.3 Å². The predicted octanol–water partition coefficient (Wildman–Crippen LogP) is 3.68. The van der Waals surface area contributed by atoms with E-state index < -0.39 is 62.8 Å². The Balaban J connectivity index is 1.19. The van der Waals surface area contributed by atoms with Crippen molar-refractivity contribution >= 4 is 39.6 Å². The van der Waals surface area contributed by atoms with Crippen molar-refractivity contribution in [2.75, 3.05) is 18.4 Å². The van der Waals surface area contributed by atoms with Gasteiger partial charge in [-0.2, -0.15) is 0 Å². The zero-order valence-electron chi connectivity index (χ0n) is 27.2. The summed E-state index contributed by atoms with van der Waals surface area (Å²) in [5, 5.41) is 7.88. The Bertz CT molecular complexity index is 1740. The van der Waals surface area contributed by atoms with E-state index in [1.807, 2.05) is 62.4 Å². The normalized spacial score (nSPS) is 26.1. The van der Waals surface area contributed by atoms with Gasteiger partial charge in [0, 0.05) is 30.1 Å². The maximum Gasteiger partial charge on any atom is 0.411 e. The molecule has 0 spiro atoms. The summed E-state index contributed by atoms with van der Waals surface area (Å²) >= 11 is 0. The summed E-state index contributed by atoms with van der Waals surface area (Å²) < 4.78 is 33.3. The molecule has 0 unspecified atom stereocenters. The maximum absolute atomic E-state index is 13.9. The van der Waals surface area contributed by atoms with Crippen LogP contribution < -0.4 is 20.7 Å². The van der Waals surface area contributed by atoms with E-state index in [1.165, 1.54) is 4.90 Å². The number of sulfonamides is 1. The number of benzene rings is 1. The van der Waals surface area contributed by atoms with Gasteiger partial charge in [-0.1, -0.05) is 36.8 Å². The molecule has 3 heterocycles. The number of aryl methyl sites for hydroxylation is 2. The summed E-state index contributed by atoms with van der Waals surface area (Å²) in [6, 6.07) is 9.68. The molecule has 2 aromatic rings. The first-order chi connectivity index (χ1) is 22.9. The molecule has 14 heteroatoms. The molecule has 0 radical (unpaired) electrons. The van der Waals surface area contributed by atoms with Gasteiger partial charge in [-0.15, -0.1) is 0 Å². The smallest absolute Gasteiger partial charge is 0.411 e. The Labute approximate surface area is 280 Å². The standard InChI is InChI=1S/C34H42N6O7S/c1-21-12-15-26(27-11-8-9-22(2)36-27)28(17-21)37-33(44)47-24-18-29-30(41)38-34(31(42)39-48(45,46)25-13-14-25)19-23(34)10-6-4-3-5-7-16-35-32(43)40(29)20-24/h6,8-12,15,17,23-25,29H,3-5,7,13-14,16,18-20H2,1-2H3,(H,35,43)(H,37,44)(H,38,41)(H,39,42)/t23-,24-,29+,34-/m1/s1. The zero-order chi connectivity index (χ0) is 34.1. The number of ether oxygens (including phenoxy) is 1. The van der Waals surface area contributed by atoms with Crippen LogP contribution in [0.3, 0.4) is 0 Å². The average molecular weight is 679 g/mol. The van der Waals surface area contributed by atoms with Gasteiger partial charge in [0.1, 0.15) is 17.7 Å². The summed E-state index contributed by atoms with van der Waals surface area (Å²) in [6.07, 6.45) is 6.69. The van der Waals surface area contributed by atoms with E-state index in [0.717, 1.165) is 36.9 Å². The Kier molecular flexibility index (Phi) is 9.46. The predicted molar refractivity (Wildman–Crippen MR) is 178 cm³/mol. The summed E-state index contributed by atoms with van der Waals surface area (Å²) in [6.45, 7) is 4.15. The number of amides is 5. The number of nitrogens with one attached hydrogen (secondary N) is 4. The molecule has 2 aliphatic carbocycles. The molecule has 6 rings (SSSR count). The Morgan fingerprint density at radius 2 is 1.90 bits per heavy atom. The first kappa shape index (κ1) is 33.4. The minimum absolute atomic E-state index is 0.00857. The van der Waals surface area contributed by atoms with Crippen molar-refractivity contribution in [3.05, 3.63) is 59.8 Å². The lowest BCUT2D eigenvalue weighted by molar-refractivity contribution is -0.131. The quantitative estimate of drug-likeness (QED) is 0.335. The molecule has 5 amide bonds. The van der Waals surface area contributed by atoms with Crippen molar-refractivity contribution < 1.29 is 32.3 Å². The third kappa shape index (κ3) is 7.48. The van der Waals surface area contributed by atoms with Crippen LogP contribution in [0.1, 0.15) is 62.6 Å². The Hall–Kier alpha value is -4.46. The third-order valence-electron chi connectivity index (χ3n) is 9.33. The van der Waals surface area contributed by atoms with Crippen LogP contribution in [0.4, 0.5) is 15.3 Å². The Morgan fingerprint density at radius 1 is 1.08 bits per heavy atom. The van der Waals surface area contributed by atoms with Gasteiger partial charge in [0.05, 0.1) is 23.2 Å². The van der Waals surface area contributed by atoms with Gasteiger partial charge in [-0.3, -0.25) is 24.6 Å². The molecule has 48 heavy (non-hydrogen) atoms. The summed E-state index contributed by atoms with van der Waals surface area (Å²) in [4.78, 5) is 59.8. The van der Waals surface area contributed by atoms with Crippen LogP contribution in [-0.2, 0) is 24.3 Å². The van der Waals surface area contributed by atoms with E-state index >= 15 is 0 Å². The first-order valence-electron chi connectivity index (χ1n) is 16.6. The molecule has 13 nitrogen and oxygen atoms in total. The highest BCUT2D eigenvalue weighted by Gasteiger charge is 2.62. The molecule has 2 aliphatic heterocycles. The molecule has 1 aromatic carbocycles. The molecule has 0 bridgehead atoms. The number of rotatable bonds is 6. The maximum atomic E-state index is 13.9. The van der Waals surface area contributed by atoms with Gasteiger partial charge in [-0.25, -0.2) is 18.0 Å². The van der Waals surface area contributed by atoms with Crippen molar-refractivity contribution in [3.63, 3.8) is 0 Å². The fourth-order valence-corrected chi connectivity index (χ4v) is 7.78. The Morgan fingerprint density at radius 3 is 2.67 bits per heavy atom. The van der Waals surface area contributed by atoms with Gasteiger partial charge < -0.3 is 20.3 Å². The number of hydrogen-bond donors (Lipinski definition) is 4. The number of aromatic nitrogens is 1. The average Bonchev–Trinajstić information content (AvgIpc) is 3.95. The van der Waals surface area contributed by atoms with E-state index in [9.17, 15) is 27.6 Å². The second-order valence-electron chi connectivity index (χ2n) is 13.2. The number of hydrogen-bond acceptors (Lipinski definition) is 8. The molecule has 4 N–H and O–H groups in total. The molecular weight excluding hydrogens is 636 g/mol. The van der Waals surface area contributed by atoms with E-state index in [-0.39, 0.29) is 19.4 Å². The second-order valence-corrected chi connectivity index (χ2v) is 15.2. The van der Waals surface area contributed by atoms with Crippen LogP contribution >= 0.6 is 0 Å². The van der Waals surface area contributed by atoms with Crippen LogP contribution in [0.15, 0.2) is 48.6 Å². The number of carbonyl (C=O) groups is 4. The highest BCUT2D eigenvalue weighted by molar-refractivity contribution is 7.91. The topological polar surface area (TPSA) is 176 Å². The molecule has 3 fully saturated rings. The number of nitrogens with zero attached hydrogens (tertiary/aromatic N) is 2. The van der Waals surface area contributed by atoms with Gasteiger partial charge in [0.25, 0.3) is 5.91 Å². The van der Waals surface area contributed by atoms with Gasteiger partial charge in [0.2, 0.25) is 15.9 Å². The van der Waals surface area contributed by atoms with Crippen LogP contribution in [0.2, 0.25) is 0 Å². The van der Waals surface area contributed by atoms with E-state index in [1.54, 1.807) is 0 Å². The number of anilines is 1. The summed E-state index contributed by atoms with van der Waals surface area (Å²) in [5.74, 6) is -1.79. The second kappa shape index (κ2) is 13.6. The third-order valence-corrected chi connectivity index (χ3v) is 11.2. The lowest BCUT2D eigenvalue weighted by Gasteiger charge is -2.26. The van der Waals surface area contributed by atoms with Crippen molar-refractivity contribution in [1.29, 1.82) is 0 Å². The van der Waals surface area contributed by atoms with Crippen LogP contribution in [0.25, 0.3) is 11.3 Å². The van der Waals surface area contributed by atoms with Gasteiger partial charge in [0.15, 0.2) is 0 Å². The number of fused-ring (bicyclic) bond motifs is 2. The number of pyridine rings is 1. The lowest BCUT2D eigenvalue weighted by Crippen LogP contribution is -2.57. The van der Waals surface area contributed by atoms with Crippen LogP contribution in [0, 0.1) is 19.8 Å². The molecule has 4 aliphatic rings. The van der Waals surface area contributed by atoms with Crippen molar-refractivity contribution in [3.8, 4) is 11.3 Å². The summed E-state index contributed by atoms with van der Waals surface area (Å²) in [7, 11) is -3.85. The van der Waals surface area contributed by atoms with Crippen molar-refractivity contribution in [2.45, 2.75) is 88.1 Å². The zero-order valence-corrected chi connectivity index (χ0v) is 28.0. The van der Waals surface area contributed by atoms with E-state index in [2.05, 4.69) is 25.7 Å². The monoisotopic (exact) mass is 678 g/mol. The van der Waals surface area contributed by atoms with Gasteiger partial charge in [-0.05, 0) is 76.1 Å². The molecular formula is C34H42N6O7S. The molecule has 4 atom stereocenters.